The van der Waals surface area contributed by atoms with Gasteiger partial charge in [0, 0.05) is 24.2 Å². The molecule has 2 N–H and O–H groups in total. The Bertz CT molecular complexity index is 510. The highest BCUT2D eigenvalue weighted by Gasteiger charge is 2.23. The van der Waals surface area contributed by atoms with Crippen LogP contribution in [0.2, 0.25) is 0 Å². The molecule has 1 saturated heterocycles. The van der Waals surface area contributed by atoms with Crippen molar-refractivity contribution in [2.24, 2.45) is 17.6 Å². The number of hydrogen-bond acceptors (Lipinski definition) is 2. The molecule has 1 aromatic carbocycles. The van der Waals surface area contributed by atoms with Crippen LogP contribution in [-0.4, -0.2) is 28.9 Å². The largest absolute Gasteiger partial charge is 0.389 e. The molecular weight excluding hydrogens is 280 g/mol. The Balaban J connectivity index is 2.04. The van der Waals surface area contributed by atoms with Crippen molar-refractivity contribution in [1.82, 2.24) is 4.90 Å². The number of rotatable bonds is 3. The van der Waals surface area contributed by atoms with Gasteiger partial charge in [-0.15, -0.1) is 0 Å². The highest BCUT2D eigenvalue weighted by atomic mass is 32.1. The molecule has 0 aliphatic carbocycles. The van der Waals surface area contributed by atoms with E-state index in [2.05, 4.69) is 13.8 Å². The maximum Gasteiger partial charge on any atom is 0.253 e. The fraction of sp³-hybridized carbons (Fsp3) is 0.529. The quantitative estimate of drug-likeness (QED) is 0.872. The van der Waals surface area contributed by atoms with E-state index >= 15 is 0 Å². The first-order chi connectivity index (χ1) is 9.99. The molecule has 1 amide bonds. The molecule has 0 saturated carbocycles. The number of nitrogens with zero attached hydrogens (tertiary/aromatic N) is 1. The minimum absolute atomic E-state index is 0.119. The Labute approximate surface area is 132 Å². The van der Waals surface area contributed by atoms with Crippen molar-refractivity contribution in [3.63, 3.8) is 0 Å². The van der Waals surface area contributed by atoms with Gasteiger partial charge in [-0.25, -0.2) is 0 Å². The molecule has 0 radical (unpaired) electrons. The van der Waals surface area contributed by atoms with Crippen LogP contribution in [0.25, 0.3) is 0 Å². The standard InChI is InChI=1S/C17H24N2OS/c1-12(2)13-4-3-10-19(11-9-13)17(20)15-7-5-14(6-8-15)16(18)21/h5-8,12-13H,3-4,9-11H2,1-2H3,(H2,18,21). The predicted octanol–water partition coefficient (Wildman–Crippen LogP) is 3.22. The molecule has 0 aromatic heterocycles. The molecule has 4 heteroatoms. The molecule has 1 fully saturated rings. The number of benzene rings is 1. The van der Waals surface area contributed by atoms with E-state index in [0.717, 1.165) is 43.0 Å². The van der Waals surface area contributed by atoms with Gasteiger partial charge in [0.05, 0.1) is 0 Å². The van der Waals surface area contributed by atoms with Gasteiger partial charge < -0.3 is 10.6 Å². The smallest absolute Gasteiger partial charge is 0.253 e. The van der Waals surface area contributed by atoms with E-state index < -0.39 is 0 Å². The summed E-state index contributed by atoms with van der Waals surface area (Å²) in [5, 5.41) is 0. The second kappa shape index (κ2) is 7.03. The summed E-state index contributed by atoms with van der Waals surface area (Å²) < 4.78 is 0. The van der Waals surface area contributed by atoms with Gasteiger partial charge in [0.25, 0.3) is 5.91 Å². The molecule has 1 atom stereocenters. The van der Waals surface area contributed by atoms with Crippen LogP contribution in [-0.2, 0) is 0 Å². The number of nitrogens with two attached hydrogens (primary N) is 1. The Hall–Kier alpha value is -1.42. The van der Waals surface area contributed by atoms with Crippen LogP contribution in [0.4, 0.5) is 0 Å². The maximum absolute atomic E-state index is 12.6. The van der Waals surface area contributed by atoms with Crippen LogP contribution in [0.3, 0.4) is 0 Å². The van der Waals surface area contributed by atoms with Crippen molar-refractivity contribution in [2.75, 3.05) is 13.1 Å². The third-order valence-corrected chi connectivity index (χ3v) is 4.65. The predicted molar refractivity (Wildman–Crippen MR) is 90.4 cm³/mol. The van der Waals surface area contributed by atoms with Gasteiger partial charge in [0.15, 0.2) is 0 Å². The van der Waals surface area contributed by atoms with Crippen LogP contribution in [0, 0.1) is 11.8 Å². The van der Waals surface area contributed by atoms with Gasteiger partial charge >= 0.3 is 0 Å². The normalized spacial score (nSPS) is 19.4. The zero-order valence-corrected chi connectivity index (χ0v) is 13.7. The fourth-order valence-electron chi connectivity index (χ4n) is 2.95. The lowest BCUT2D eigenvalue weighted by molar-refractivity contribution is 0.0759. The van der Waals surface area contributed by atoms with E-state index in [0.29, 0.717) is 10.9 Å². The van der Waals surface area contributed by atoms with E-state index in [1.54, 1.807) is 0 Å². The third-order valence-electron chi connectivity index (χ3n) is 4.42. The monoisotopic (exact) mass is 304 g/mol. The van der Waals surface area contributed by atoms with Crippen LogP contribution in [0.1, 0.15) is 49.0 Å². The van der Waals surface area contributed by atoms with Crippen LogP contribution >= 0.6 is 12.2 Å². The van der Waals surface area contributed by atoms with Gasteiger partial charge in [0.1, 0.15) is 4.99 Å². The molecule has 1 unspecified atom stereocenters. The highest BCUT2D eigenvalue weighted by Crippen LogP contribution is 2.25. The Morgan fingerprint density at radius 2 is 1.81 bits per heavy atom. The number of amides is 1. The molecule has 114 valence electrons. The highest BCUT2D eigenvalue weighted by molar-refractivity contribution is 7.80. The second-order valence-electron chi connectivity index (χ2n) is 6.17. The molecule has 1 aliphatic heterocycles. The van der Waals surface area contributed by atoms with E-state index in [4.69, 9.17) is 18.0 Å². The molecule has 0 bridgehead atoms. The number of carbonyl (C=O) groups is 1. The number of carbonyl (C=O) groups excluding carboxylic acids is 1. The summed E-state index contributed by atoms with van der Waals surface area (Å²) in [6.45, 7) is 6.27. The van der Waals surface area contributed by atoms with E-state index in [1.807, 2.05) is 29.2 Å². The van der Waals surface area contributed by atoms with Gasteiger partial charge in [-0.2, -0.15) is 0 Å². The molecule has 2 rings (SSSR count). The zero-order chi connectivity index (χ0) is 15.4. The van der Waals surface area contributed by atoms with E-state index in [1.165, 1.54) is 6.42 Å². The summed E-state index contributed by atoms with van der Waals surface area (Å²) in [6, 6.07) is 7.29. The SMILES string of the molecule is CC(C)C1CCCN(C(=O)c2ccc(C(N)=S)cc2)CC1. The average molecular weight is 304 g/mol. The Kier molecular flexibility index (Phi) is 5.34. The average Bonchev–Trinajstić information content (AvgIpc) is 2.72. The molecule has 21 heavy (non-hydrogen) atoms. The summed E-state index contributed by atoms with van der Waals surface area (Å²) in [4.78, 5) is 14.9. The third kappa shape index (κ3) is 4.03. The molecule has 0 spiro atoms. The minimum atomic E-state index is 0.119. The molecule has 1 heterocycles. The summed E-state index contributed by atoms with van der Waals surface area (Å²) in [6.07, 6.45) is 3.43. The Morgan fingerprint density at radius 1 is 1.19 bits per heavy atom. The minimum Gasteiger partial charge on any atom is -0.389 e. The zero-order valence-electron chi connectivity index (χ0n) is 12.8. The van der Waals surface area contributed by atoms with Crippen molar-refractivity contribution in [2.45, 2.75) is 33.1 Å². The first-order valence-electron chi connectivity index (χ1n) is 7.68. The van der Waals surface area contributed by atoms with Crippen LogP contribution < -0.4 is 5.73 Å². The molecule has 1 aliphatic rings. The number of likely N-dealkylation sites (tertiary alicyclic amines) is 1. The summed E-state index contributed by atoms with van der Waals surface area (Å²) in [5.74, 6) is 1.55. The van der Waals surface area contributed by atoms with Gasteiger partial charge in [0.2, 0.25) is 0 Å². The molecular formula is C17H24N2OS. The first kappa shape index (κ1) is 16.0. The lowest BCUT2D eigenvalue weighted by Gasteiger charge is -2.21. The topological polar surface area (TPSA) is 46.3 Å². The van der Waals surface area contributed by atoms with Crippen LogP contribution in [0.5, 0.6) is 0 Å². The maximum atomic E-state index is 12.6. The molecule has 3 nitrogen and oxygen atoms in total. The number of hydrogen-bond donors (Lipinski definition) is 1. The Morgan fingerprint density at radius 3 is 2.38 bits per heavy atom. The van der Waals surface area contributed by atoms with Gasteiger partial charge in [-0.3, -0.25) is 4.79 Å². The lowest BCUT2D eigenvalue weighted by atomic mass is 9.89. The van der Waals surface area contributed by atoms with E-state index in [9.17, 15) is 4.79 Å². The first-order valence-corrected chi connectivity index (χ1v) is 8.09. The summed E-state index contributed by atoms with van der Waals surface area (Å²) in [7, 11) is 0. The van der Waals surface area contributed by atoms with E-state index in [-0.39, 0.29) is 5.91 Å². The van der Waals surface area contributed by atoms with Crippen molar-refractivity contribution in [3.05, 3.63) is 35.4 Å². The molecule has 1 aromatic rings. The van der Waals surface area contributed by atoms with Crippen molar-refractivity contribution >= 4 is 23.1 Å². The van der Waals surface area contributed by atoms with Crippen molar-refractivity contribution in [1.29, 1.82) is 0 Å². The van der Waals surface area contributed by atoms with Crippen molar-refractivity contribution in [3.8, 4) is 0 Å². The van der Waals surface area contributed by atoms with Gasteiger partial charge in [-0.1, -0.05) is 38.2 Å². The van der Waals surface area contributed by atoms with Crippen molar-refractivity contribution < 1.29 is 4.79 Å². The second-order valence-corrected chi connectivity index (χ2v) is 6.61. The van der Waals surface area contributed by atoms with Gasteiger partial charge in [-0.05, 0) is 43.2 Å². The fourth-order valence-corrected chi connectivity index (χ4v) is 3.09. The van der Waals surface area contributed by atoms with Crippen LogP contribution in [0.15, 0.2) is 24.3 Å². The summed E-state index contributed by atoms with van der Waals surface area (Å²) >= 11 is 4.93. The number of thiocarbonyl (C=S) groups is 1. The summed E-state index contributed by atoms with van der Waals surface area (Å²) in [5.41, 5.74) is 7.11. The lowest BCUT2D eigenvalue weighted by Crippen LogP contribution is -2.32.